The Morgan fingerprint density at radius 2 is 1.62 bits per heavy atom. The Kier molecular flexibility index (Phi) is 22.1. The van der Waals surface area contributed by atoms with Gasteiger partial charge in [-0.2, -0.15) is 0 Å². The van der Waals surface area contributed by atoms with Crippen molar-refractivity contribution in [2.75, 3.05) is 34.4 Å². The van der Waals surface area contributed by atoms with Crippen LogP contribution in [-0.2, 0) is 39.9 Å². The van der Waals surface area contributed by atoms with Gasteiger partial charge in [-0.1, -0.05) is 105 Å². The van der Waals surface area contributed by atoms with Crippen LogP contribution in [0.4, 0.5) is 0 Å². The van der Waals surface area contributed by atoms with Gasteiger partial charge in [0.1, 0.15) is 12.3 Å². The quantitative estimate of drug-likeness (QED) is 0.0899. The molecular weight excluding hydrogens is 741 g/mol. The summed E-state index contributed by atoms with van der Waals surface area (Å²) in [7, 11) is 4.86. The predicted molar refractivity (Wildman–Crippen MR) is 227 cm³/mol. The number of ether oxygens (including phenoxy) is 2. The number of nitrogens with two attached hydrogens (primary N) is 1. The number of benzene rings is 1. The molecule has 1 fully saturated rings. The van der Waals surface area contributed by atoms with Crippen LogP contribution in [0.15, 0.2) is 30.3 Å². The van der Waals surface area contributed by atoms with Crippen LogP contribution in [0.2, 0.25) is 0 Å². The van der Waals surface area contributed by atoms with Gasteiger partial charge in [-0.25, -0.2) is 0 Å². The van der Waals surface area contributed by atoms with E-state index in [4.69, 9.17) is 15.2 Å². The molecular formula is C44H75N6O8-. The van der Waals surface area contributed by atoms with Crippen molar-refractivity contribution in [1.82, 2.24) is 25.5 Å². The molecule has 1 aromatic rings. The van der Waals surface area contributed by atoms with E-state index in [1.165, 1.54) is 0 Å². The monoisotopic (exact) mass is 816 g/mol. The zero-order valence-corrected chi connectivity index (χ0v) is 37.1. The molecule has 0 aliphatic carbocycles. The summed E-state index contributed by atoms with van der Waals surface area (Å²) < 4.78 is 12.0. The SMILES string of the molecule is CCCC[C@@H](C=O)NC(=O)[C@@H](NC(=O)[C@H](Cc1ccccc1)N([O-])C[C@H](C)[C@@H](OC)[C@@H]1CCCN1C(=O)C[C@@H](OC)[C@H]([C@@H](C)CC)N(C)C(=O)[C@@H](N)C(C)C)C(C)C. The number of carbonyl (C=O) groups excluding carboxylic acids is 5. The molecule has 1 aliphatic rings. The van der Waals surface area contributed by atoms with Crippen molar-refractivity contribution in [1.29, 1.82) is 0 Å². The third kappa shape index (κ3) is 14.4. The summed E-state index contributed by atoms with van der Waals surface area (Å²) in [6.45, 7) is 15.8. The Balaban J connectivity index is 2.31. The molecule has 0 bridgehead atoms. The molecule has 0 spiro atoms. The maximum Gasteiger partial charge on any atom is 0.243 e. The molecule has 14 nitrogen and oxygen atoms in total. The van der Waals surface area contributed by atoms with Crippen LogP contribution in [0.25, 0.3) is 0 Å². The van der Waals surface area contributed by atoms with E-state index in [1.807, 2.05) is 76.8 Å². The minimum absolute atomic E-state index is 0.0282. The van der Waals surface area contributed by atoms with E-state index in [2.05, 4.69) is 10.6 Å². The lowest BCUT2D eigenvalue weighted by molar-refractivity contribution is -0.145. The van der Waals surface area contributed by atoms with Gasteiger partial charge in [0.15, 0.2) is 0 Å². The second-order valence-corrected chi connectivity index (χ2v) is 17.0. The molecule has 2 rings (SSSR count). The molecule has 1 aliphatic heterocycles. The highest BCUT2D eigenvalue weighted by molar-refractivity contribution is 5.91. The third-order valence-corrected chi connectivity index (χ3v) is 11.9. The van der Waals surface area contributed by atoms with Crippen molar-refractivity contribution in [2.24, 2.45) is 29.4 Å². The van der Waals surface area contributed by atoms with E-state index in [0.29, 0.717) is 25.7 Å². The molecule has 0 unspecified atom stereocenters. The molecule has 330 valence electrons. The van der Waals surface area contributed by atoms with Gasteiger partial charge in [-0.3, -0.25) is 19.2 Å². The predicted octanol–water partition coefficient (Wildman–Crippen LogP) is 4.32. The van der Waals surface area contributed by atoms with Gasteiger partial charge in [0.2, 0.25) is 23.6 Å². The number of hydrogen-bond donors (Lipinski definition) is 3. The Morgan fingerprint density at radius 1 is 0.966 bits per heavy atom. The highest BCUT2D eigenvalue weighted by atomic mass is 16.5. The lowest BCUT2D eigenvalue weighted by Gasteiger charge is -2.42. The number of hydrogen-bond acceptors (Lipinski definition) is 10. The largest absolute Gasteiger partial charge is 0.785 e. The van der Waals surface area contributed by atoms with Crippen LogP contribution in [0, 0.1) is 28.9 Å². The van der Waals surface area contributed by atoms with Crippen molar-refractivity contribution < 1.29 is 33.4 Å². The number of unbranched alkanes of at least 4 members (excludes halogenated alkanes) is 1. The van der Waals surface area contributed by atoms with Gasteiger partial charge in [-0.05, 0) is 61.5 Å². The standard InChI is InChI=1S/C44H75N6O8/c1-12-14-21-33(27-51)46-43(54)39(29(5)6)47-42(53)35(24-32-19-16-15-17-20-32)50(56)26-31(8)41(58-11)34-22-18-23-49(34)37(52)25-36(57-10)40(30(7)13-2)48(9)44(55)38(45)28(3)4/h15-17,19-20,27-31,33-36,38-41H,12-14,18,21-26,45H2,1-11H3,(H,46,54)(H,47,53)/q-1/t30-,31-,33-,34-,35-,36+,38-,39-,40-,41+/m0/s1. The normalized spacial score (nSPS) is 19.2. The number of hydroxylamine groups is 2. The van der Waals surface area contributed by atoms with Gasteiger partial charge < -0.3 is 50.7 Å². The van der Waals surface area contributed by atoms with Gasteiger partial charge >= 0.3 is 0 Å². The van der Waals surface area contributed by atoms with E-state index in [9.17, 15) is 29.2 Å². The van der Waals surface area contributed by atoms with E-state index >= 15 is 0 Å². The first-order valence-electron chi connectivity index (χ1n) is 21.4. The smallest absolute Gasteiger partial charge is 0.243 e. The molecule has 1 saturated heterocycles. The summed E-state index contributed by atoms with van der Waals surface area (Å²) >= 11 is 0. The fraction of sp³-hybridized carbons (Fsp3) is 0.750. The maximum atomic E-state index is 14.2. The Morgan fingerprint density at radius 3 is 2.16 bits per heavy atom. The molecule has 0 saturated carbocycles. The zero-order chi connectivity index (χ0) is 43.7. The highest BCUT2D eigenvalue weighted by Crippen LogP contribution is 2.30. The fourth-order valence-electron chi connectivity index (χ4n) is 8.08. The fourth-order valence-corrected chi connectivity index (χ4v) is 8.08. The molecule has 0 aromatic heterocycles. The van der Waals surface area contributed by atoms with Gasteiger partial charge in [0, 0.05) is 27.8 Å². The minimum Gasteiger partial charge on any atom is -0.785 e. The van der Waals surface area contributed by atoms with Crippen molar-refractivity contribution >= 4 is 29.9 Å². The van der Waals surface area contributed by atoms with Gasteiger partial charge in [0.25, 0.3) is 0 Å². The summed E-state index contributed by atoms with van der Waals surface area (Å²) in [6.07, 6.45) is 4.06. The van der Waals surface area contributed by atoms with Crippen LogP contribution < -0.4 is 16.4 Å². The van der Waals surface area contributed by atoms with Crippen molar-refractivity contribution in [3.8, 4) is 0 Å². The van der Waals surface area contributed by atoms with Crippen LogP contribution in [0.3, 0.4) is 0 Å². The summed E-state index contributed by atoms with van der Waals surface area (Å²) in [5.41, 5.74) is 7.05. The van der Waals surface area contributed by atoms with Crippen molar-refractivity contribution in [3.63, 3.8) is 0 Å². The highest BCUT2D eigenvalue weighted by Gasteiger charge is 2.42. The molecule has 0 radical (unpaired) electrons. The number of likely N-dealkylation sites (tertiary alicyclic amines) is 1. The second kappa shape index (κ2) is 25.3. The molecule has 58 heavy (non-hydrogen) atoms. The zero-order valence-electron chi connectivity index (χ0n) is 37.1. The number of carbonyl (C=O) groups is 5. The topological polar surface area (TPSA) is 187 Å². The molecule has 10 atom stereocenters. The molecule has 1 aromatic carbocycles. The summed E-state index contributed by atoms with van der Waals surface area (Å²) in [5, 5.41) is 20.5. The van der Waals surface area contributed by atoms with E-state index in [0.717, 1.165) is 36.3 Å². The number of nitrogens with one attached hydrogen (secondary N) is 2. The van der Waals surface area contributed by atoms with Crippen LogP contribution >= 0.6 is 0 Å². The van der Waals surface area contributed by atoms with Crippen LogP contribution in [-0.4, -0.2) is 128 Å². The maximum absolute atomic E-state index is 14.2. The minimum atomic E-state index is -1.18. The number of nitrogens with zero attached hydrogens (tertiary/aromatic N) is 3. The first-order valence-corrected chi connectivity index (χ1v) is 21.4. The molecule has 4 N–H and O–H groups in total. The van der Waals surface area contributed by atoms with E-state index in [1.54, 1.807) is 40.0 Å². The molecule has 1 heterocycles. The van der Waals surface area contributed by atoms with Crippen molar-refractivity contribution in [2.45, 2.75) is 155 Å². The summed E-state index contributed by atoms with van der Waals surface area (Å²) in [6, 6.07) is 5.02. The van der Waals surface area contributed by atoms with Crippen LogP contribution in [0.5, 0.6) is 0 Å². The number of rotatable bonds is 26. The Bertz CT molecular complexity index is 1420. The summed E-state index contributed by atoms with van der Waals surface area (Å²) in [4.78, 5) is 70.1. The van der Waals surface area contributed by atoms with Gasteiger partial charge in [0.05, 0.1) is 48.8 Å². The average Bonchev–Trinajstić information content (AvgIpc) is 3.69. The van der Waals surface area contributed by atoms with Crippen molar-refractivity contribution in [3.05, 3.63) is 41.1 Å². The van der Waals surface area contributed by atoms with Gasteiger partial charge in [-0.15, -0.1) is 0 Å². The Labute approximate surface area is 348 Å². The van der Waals surface area contributed by atoms with Crippen LogP contribution in [0.1, 0.15) is 106 Å². The van der Waals surface area contributed by atoms with E-state index in [-0.39, 0.29) is 61.0 Å². The lowest BCUT2D eigenvalue weighted by Crippen LogP contribution is -2.57. The first kappa shape index (κ1) is 50.7. The number of amides is 4. The Hall–Kier alpha value is -3.43. The molecule has 4 amide bonds. The number of aldehydes is 1. The summed E-state index contributed by atoms with van der Waals surface area (Å²) in [5.74, 6) is -2.15. The third-order valence-electron chi connectivity index (χ3n) is 11.9. The first-order chi connectivity index (χ1) is 27.5. The lowest BCUT2D eigenvalue weighted by atomic mass is 9.89. The number of likely N-dealkylation sites (N-methyl/N-ethyl adjacent to an activating group) is 1. The second-order valence-electron chi connectivity index (χ2n) is 17.0. The average molecular weight is 816 g/mol. The number of methoxy groups -OCH3 is 2. The molecule has 14 heteroatoms. The van der Waals surface area contributed by atoms with E-state index < -0.39 is 54.1 Å².